The van der Waals surface area contributed by atoms with Gasteiger partial charge in [0.25, 0.3) is 0 Å². The van der Waals surface area contributed by atoms with Gasteiger partial charge in [-0.2, -0.15) is 0 Å². The first-order chi connectivity index (χ1) is 10.8. The van der Waals surface area contributed by atoms with E-state index in [1.807, 2.05) is 23.1 Å². The molecule has 5 nitrogen and oxygen atoms in total. The van der Waals surface area contributed by atoms with Crippen LogP contribution in [0.2, 0.25) is 0 Å². The molecule has 128 valence electrons. The molecular weight excluding hydrogens is 316 g/mol. The molecule has 0 atom stereocenters. The van der Waals surface area contributed by atoms with Crippen molar-refractivity contribution in [1.29, 1.82) is 0 Å². The summed E-state index contributed by atoms with van der Waals surface area (Å²) in [6.45, 7) is 6.24. The van der Waals surface area contributed by atoms with Crippen molar-refractivity contribution in [3.8, 4) is 11.5 Å². The Labute approximate surface area is 143 Å². The second-order valence-corrected chi connectivity index (χ2v) is 6.00. The number of nitrogens with zero attached hydrogens (tertiary/aromatic N) is 1. The van der Waals surface area contributed by atoms with Crippen LogP contribution in [0.4, 0.5) is 0 Å². The van der Waals surface area contributed by atoms with E-state index in [0.717, 1.165) is 56.1 Å². The highest BCUT2D eigenvalue weighted by atomic mass is 35.5. The molecule has 2 aliphatic heterocycles. The van der Waals surface area contributed by atoms with Crippen molar-refractivity contribution in [2.45, 2.75) is 26.2 Å². The monoisotopic (exact) mass is 340 g/mol. The molecular formula is C17H25ClN2O3. The normalized spacial score (nSPS) is 17.0. The molecule has 1 aromatic carbocycles. The van der Waals surface area contributed by atoms with Gasteiger partial charge in [-0.1, -0.05) is 13.0 Å². The second kappa shape index (κ2) is 8.41. The zero-order chi connectivity index (χ0) is 15.4. The van der Waals surface area contributed by atoms with Crippen molar-refractivity contribution >= 4 is 18.3 Å². The van der Waals surface area contributed by atoms with Gasteiger partial charge in [-0.25, -0.2) is 0 Å². The fourth-order valence-electron chi connectivity index (χ4n) is 3.07. The van der Waals surface area contributed by atoms with Crippen molar-refractivity contribution in [2.24, 2.45) is 5.92 Å². The van der Waals surface area contributed by atoms with Crippen molar-refractivity contribution in [1.82, 2.24) is 10.2 Å². The maximum atomic E-state index is 12.4. The van der Waals surface area contributed by atoms with Gasteiger partial charge in [-0.15, -0.1) is 12.4 Å². The summed E-state index contributed by atoms with van der Waals surface area (Å²) in [4.78, 5) is 14.4. The lowest BCUT2D eigenvalue weighted by molar-refractivity contribution is -0.131. The van der Waals surface area contributed by atoms with Crippen molar-refractivity contribution in [3.63, 3.8) is 0 Å². The minimum atomic E-state index is 0. The van der Waals surface area contributed by atoms with E-state index in [2.05, 4.69) is 12.2 Å². The molecule has 1 N–H and O–H groups in total. The van der Waals surface area contributed by atoms with Crippen LogP contribution in [0.5, 0.6) is 11.5 Å². The van der Waals surface area contributed by atoms with Crippen LogP contribution in [0.3, 0.4) is 0 Å². The molecule has 0 radical (unpaired) electrons. The molecule has 1 amide bonds. The number of benzene rings is 1. The van der Waals surface area contributed by atoms with E-state index < -0.39 is 0 Å². The van der Waals surface area contributed by atoms with Crippen LogP contribution < -0.4 is 14.8 Å². The number of halogens is 1. The molecule has 2 heterocycles. The van der Waals surface area contributed by atoms with E-state index in [4.69, 9.17) is 9.47 Å². The van der Waals surface area contributed by atoms with Crippen molar-refractivity contribution in [2.75, 3.05) is 33.0 Å². The Morgan fingerprint density at radius 2 is 2.00 bits per heavy atom. The average molecular weight is 341 g/mol. The molecule has 0 spiro atoms. The Morgan fingerprint density at radius 3 is 2.74 bits per heavy atom. The van der Waals surface area contributed by atoms with Gasteiger partial charge in [-0.05, 0) is 49.5 Å². The molecule has 0 saturated carbocycles. The Kier molecular flexibility index (Phi) is 6.54. The zero-order valence-corrected chi connectivity index (χ0v) is 14.4. The number of rotatable bonds is 5. The topological polar surface area (TPSA) is 50.8 Å². The third-order valence-corrected chi connectivity index (χ3v) is 4.44. The third-order valence-electron chi connectivity index (χ3n) is 4.44. The molecule has 0 aromatic heterocycles. The number of carbonyl (C=O) groups excluding carboxylic acids is 1. The van der Waals surface area contributed by atoms with Crippen LogP contribution in [0.25, 0.3) is 0 Å². The molecule has 0 aliphatic carbocycles. The maximum Gasteiger partial charge on any atom is 0.231 e. The number of fused-ring (bicyclic) bond motifs is 1. The summed E-state index contributed by atoms with van der Waals surface area (Å²) in [5.74, 6) is 2.42. The van der Waals surface area contributed by atoms with Gasteiger partial charge < -0.3 is 19.7 Å². The average Bonchev–Trinajstić information content (AvgIpc) is 3.01. The lowest BCUT2D eigenvalue weighted by Gasteiger charge is -2.32. The van der Waals surface area contributed by atoms with Crippen LogP contribution in [0.15, 0.2) is 18.2 Å². The minimum Gasteiger partial charge on any atom is -0.454 e. The molecule has 6 heteroatoms. The van der Waals surface area contributed by atoms with Gasteiger partial charge in [0.2, 0.25) is 12.7 Å². The molecule has 2 aliphatic rings. The van der Waals surface area contributed by atoms with E-state index in [9.17, 15) is 4.79 Å². The van der Waals surface area contributed by atoms with E-state index >= 15 is 0 Å². The Morgan fingerprint density at radius 1 is 1.26 bits per heavy atom. The number of ether oxygens (including phenoxy) is 2. The third kappa shape index (κ3) is 4.52. The SMILES string of the molecule is CCNCC1CCN(C(=O)Cc2ccc3c(c2)OCO3)CC1.Cl. The first-order valence-electron chi connectivity index (χ1n) is 8.13. The Balaban J connectivity index is 0.00000192. The highest BCUT2D eigenvalue weighted by Gasteiger charge is 2.23. The van der Waals surface area contributed by atoms with Crippen LogP contribution in [0, 0.1) is 5.92 Å². The smallest absolute Gasteiger partial charge is 0.231 e. The van der Waals surface area contributed by atoms with Gasteiger partial charge >= 0.3 is 0 Å². The van der Waals surface area contributed by atoms with Crippen LogP contribution in [-0.4, -0.2) is 43.8 Å². The van der Waals surface area contributed by atoms with Crippen molar-refractivity contribution in [3.05, 3.63) is 23.8 Å². The molecule has 0 unspecified atom stereocenters. The molecule has 1 saturated heterocycles. The quantitative estimate of drug-likeness (QED) is 0.893. The summed E-state index contributed by atoms with van der Waals surface area (Å²) in [7, 11) is 0. The number of piperidine rings is 1. The summed E-state index contributed by atoms with van der Waals surface area (Å²) < 4.78 is 10.7. The molecule has 1 aromatic rings. The number of nitrogens with one attached hydrogen (secondary N) is 1. The van der Waals surface area contributed by atoms with Gasteiger partial charge in [0.1, 0.15) is 0 Å². The fourth-order valence-corrected chi connectivity index (χ4v) is 3.07. The molecule has 1 fully saturated rings. The first kappa shape index (κ1) is 17.9. The standard InChI is InChI=1S/C17H24N2O3.ClH/c1-2-18-11-13-5-7-19(8-6-13)17(20)10-14-3-4-15-16(9-14)22-12-21-15;/h3-4,9,13,18H,2,5-8,10-12H2,1H3;1H. The summed E-state index contributed by atoms with van der Waals surface area (Å²) in [6.07, 6.45) is 2.63. The second-order valence-electron chi connectivity index (χ2n) is 6.00. The largest absolute Gasteiger partial charge is 0.454 e. The fraction of sp³-hybridized carbons (Fsp3) is 0.588. The summed E-state index contributed by atoms with van der Waals surface area (Å²) >= 11 is 0. The highest BCUT2D eigenvalue weighted by molar-refractivity contribution is 5.85. The Hall–Kier alpha value is -1.46. The molecule has 3 rings (SSSR count). The zero-order valence-electron chi connectivity index (χ0n) is 13.5. The van der Waals surface area contributed by atoms with E-state index in [1.165, 1.54) is 0 Å². The van der Waals surface area contributed by atoms with Gasteiger partial charge in [-0.3, -0.25) is 4.79 Å². The van der Waals surface area contributed by atoms with E-state index in [1.54, 1.807) is 0 Å². The highest BCUT2D eigenvalue weighted by Crippen LogP contribution is 2.32. The number of amides is 1. The number of hydrogen-bond donors (Lipinski definition) is 1. The van der Waals surface area contributed by atoms with Crippen LogP contribution >= 0.6 is 12.4 Å². The van der Waals surface area contributed by atoms with Crippen molar-refractivity contribution < 1.29 is 14.3 Å². The van der Waals surface area contributed by atoms with E-state index in [0.29, 0.717) is 12.3 Å². The number of hydrogen-bond acceptors (Lipinski definition) is 4. The predicted octanol–water partition coefficient (Wildman–Crippen LogP) is 2.23. The first-order valence-corrected chi connectivity index (χ1v) is 8.13. The number of likely N-dealkylation sites (tertiary alicyclic amines) is 1. The lowest BCUT2D eigenvalue weighted by Crippen LogP contribution is -2.41. The van der Waals surface area contributed by atoms with Crippen LogP contribution in [-0.2, 0) is 11.2 Å². The van der Waals surface area contributed by atoms with Crippen LogP contribution in [0.1, 0.15) is 25.3 Å². The summed E-state index contributed by atoms with van der Waals surface area (Å²) in [6, 6.07) is 5.75. The summed E-state index contributed by atoms with van der Waals surface area (Å²) in [5.41, 5.74) is 0.990. The maximum absolute atomic E-state index is 12.4. The Bertz CT molecular complexity index is 531. The summed E-state index contributed by atoms with van der Waals surface area (Å²) in [5, 5.41) is 3.40. The minimum absolute atomic E-state index is 0. The number of carbonyl (C=O) groups is 1. The molecule has 0 bridgehead atoms. The van der Waals surface area contributed by atoms with Gasteiger partial charge in [0.15, 0.2) is 11.5 Å². The predicted molar refractivity (Wildman–Crippen MR) is 91.4 cm³/mol. The van der Waals surface area contributed by atoms with E-state index in [-0.39, 0.29) is 25.1 Å². The van der Waals surface area contributed by atoms with Gasteiger partial charge in [0.05, 0.1) is 6.42 Å². The van der Waals surface area contributed by atoms with Gasteiger partial charge in [0, 0.05) is 13.1 Å². The lowest BCUT2D eigenvalue weighted by atomic mass is 9.96. The molecule has 23 heavy (non-hydrogen) atoms.